The Labute approximate surface area is 82.4 Å². The molecule has 4 heteroatoms. The van der Waals surface area contributed by atoms with Gasteiger partial charge in [-0.3, -0.25) is 0 Å². The molecule has 0 atom stereocenters. The first-order valence-electron chi connectivity index (χ1n) is 4.39. The molecule has 0 fully saturated rings. The van der Waals surface area contributed by atoms with Crippen LogP contribution in [0.2, 0.25) is 0 Å². The molecule has 0 unspecified atom stereocenters. The fraction of sp³-hybridized carbons (Fsp3) is 0.400. The Balaban J connectivity index is 2.82. The summed E-state index contributed by atoms with van der Waals surface area (Å²) >= 11 is 0. The van der Waals surface area contributed by atoms with Crippen LogP contribution in [0.25, 0.3) is 0 Å². The average molecular weight is 198 g/mol. The zero-order chi connectivity index (χ0) is 10.4. The Bertz CT molecular complexity index is 285. The van der Waals surface area contributed by atoms with Crippen LogP contribution in [0, 0.1) is 0 Å². The van der Waals surface area contributed by atoms with Gasteiger partial charge in [-0.25, -0.2) is 0 Å². The fourth-order valence-electron chi connectivity index (χ4n) is 1.15. The normalized spacial score (nSPS) is 10.2. The summed E-state index contributed by atoms with van der Waals surface area (Å²) in [6, 6.07) is 5.06. The number of aliphatic hydroxyl groups is 3. The predicted molar refractivity (Wildman–Crippen MR) is 50.9 cm³/mol. The van der Waals surface area contributed by atoms with Crippen molar-refractivity contribution in [3.63, 3.8) is 0 Å². The molecule has 1 aromatic rings. The van der Waals surface area contributed by atoms with Gasteiger partial charge >= 0.3 is 0 Å². The van der Waals surface area contributed by atoms with E-state index >= 15 is 0 Å². The molecule has 0 radical (unpaired) electrons. The molecule has 78 valence electrons. The van der Waals surface area contributed by atoms with E-state index in [-0.39, 0.29) is 26.4 Å². The van der Waals surface area contributed by atoms with Crippen molar-refractivity contribution in [3.8, 4) is 5.75 Å². The third-order valence-corrected chi connectivity index (χ3v) is 1.83. The number of hydrogen-bond acceptors (Lipinski definition) is 4. The highest BCUT2D eigenvalue weighted by Crippen LogP contribution is 2.20. The number of hydrogen-bond donors (Lipinski definition) is 3. The molecular formula is C10H14O4. The van der Waals surface area contributed by atoms with Crippen LogP contribution in [0.3, 0.4) is 0 Å². The van der Waals surface area contributed by atoms with Crippen molar-refractivity contribution in [1.82, 2.24) is 0 Å². The van der Waals surface area contributed by atoms with Crippen LogP contribution in [0.1, 0.15) is 11.1 Å². The monoisotopic (exact) mass is 198 g/mol. The van der Waals surface area contributed by atoms with Crippen molar-refractivity contribution in [2.75, 3.05) is 13.2 Å². The highest BCUT2D eigenvalue weighted by atomic mass is 16.5. The summed E-state index contributed by atoms with van der Waals surface area (Å²) in [6.45, 7) is -0.0695. The first kappa shape index (κ1) is 11.0. The molecule has 0 aromatic heterocycles. The van der Waals surface area contributed by atoms with Crippen LogP contribution in [0.15, 0.2) is 18.2 Å². The van der Waals surface area contributed by atoms with Crippen molar-refractivity contribution in [2.24, 2.45) is 0 Å². The van der Waals surface area contributed by atoms with Gasteiger partial charge in [0.2, 0.25) is 0 Å². The van der Waals surface area contributed by atoms with Gasteiger partial charge in [-0.1, -0.05) is 6.07 Å². The number of aliphatic hydroxyl groups excluding tert-OH is 3. The minimum atomic E-state index is -0.144. The second-order valence-corrected chi connectivity index (χ2v) is 2.83. The molecule has 0 saturated carbocycles. The van der Waals surface area contributed by atoms with E-state index in [1.807, 2.05) is 0 Å². The summed E-state index contributed by atoms with van der Waals surface area (Å²) in [7, 11) is 0. The Morgan fingerprint density at radius 3 is 2.43 bits per heavy atom. The van der Waals surface area contributed by atoms with Gasteiger partial charge in [-0.05, 0) is 17.7 Å². The second-order valence-electron chi connectivity index (χ2n) is 2.83. The Morgan fingerprint density at radius 2 is 1.86 bits per heavy atom. The maximum Gasteiger partial charge on any atom is 0.124 e. The van der Waals surface area contributed by atoms with Crippen LogP contribution in [-0.2, 0) is 13.2 Å². The van der Waals surface area contributed by atoms with E-state index in [4.69, 9.17) is 20.1 Å². The first-order chi connectivity index (χ1) is 6.81. The summed E-state index contributed by atoms with van der Waals surface area (Å²) in [5, 5.41) is 26.4. The van der Waals surface area contributed by atoms with Crippen LogP contribution in [-0.4, -0.2) is 28.5 Å². The Hall–Kier alpha value is -1.10. The molecule has 0 saturated heterocycles. The summed E-state index contributed by atoms with van der Waals surface area (Å²) in [6.07, 6.45) is 0. The molecule has 4 nitrogen and oxygen atoms in total. The van der Waals surface area contributed by atoms with E-state index in [0.717, 1.165) is 5.56 Å². The predicted octanol–water partition coefficient (Wildman–Crippen LogP) is 0.0423. The summed E-state index contributed by atoms with van der Waals surface area (Å²) in [5.74, 6) is 0.541. The Kier molecular flexibility index (Phi) is 4.39. The smallest absolute Gasteiger partial charge is 0.124 e. The molecule has 1 rings (SSSR count). The van der Waals surface area contributed by atoms with Gasteiger partial charge < -0.3 is 20.1 Å². The minimum absolute atomic E-state index is 0.0622. The standard InChI is InChI=1S/C10H14O4/c11-3-4-14-10-2-1-8(6-12)5-9(10)7-13/h1-2,5,11-13H,3-4,6-7H2. The largest absolute Gasteiger partial charge is 0.491 e. The number of benzene rings is 1. The lowest BCUT2D eigenvalue weighted by molar-refractivity contribution is 0.195. The van der Waals surface area contributed by atoms with Crippen molar-refractivity contribution < 1.29 is 20.1 Å². The van der Waals surface area contributed by atoms with Crippen molar-refractivity contribution >= 4 is 0 Å². The molecular weight excluding hydrogens is 184 g/mol. The average Bonchev–Trinajstić information content (AvgIpc) is 2.26. The lowest BCUT2D eigenvalue weighted by Crippen LogP contribution is -2.04. The highest BCUT2D eigenvalue weighted by Gasteiger charge is 2.03. The molecule has 0 amide bonds. The zero-order valence-corrected chi connectivity index (χ0v) is 7.81. The van der Waals surface area contributed by atoms with E-state index in [0.29, 0.717) is 11.3 Å². The van der Waals surface area contributed by atoms with Crippen LogP contribution < -0.4 is 4.74 Å². The molecule has 0 spiro atoms. The molecule has 0 aliphatic heterocycles. The summed E-state index contributed by atoms with van der Waals surface area (Å²) in [5.41, 5.74) is 1.34. The summed E-state index contributed by atoms with van der Waals surface area (Å²) < 4.78 is 5.19. The number of ether oxygens (including phenoxy) is 1. The second kappa shape index (κ2) is 5.59. The SMILES string of the molecule is OCCOc1ccc(CO)cc1CO. The van der Waals surface area contributed by atoms with Gasteiger partial charge in [0.05, 0.1) is 19.8 Å². The molecule has 0 aliphatic carbocycles. The molecule has 0 heterocycles. The van der Waals surface area contributed by atoms with Gasteiger partial charge in [0, 0.05) is 5.56 Å². The van der Waals surface area contributed by atoms with Crippen molar-refractivity contribution in [3.05, 3.63) is 29.3 Å². The van der Waals surface area contributed by atoms with Crippen LogP contribution >= 0.6 is 0 Å². The van der Waals surface area contributed by atoms with Gasteiger partial charge in [0.15, 0.2) is 0 Å². The summed E-state index contributed by atoms with van der Waals surface area (Å²) in [4.78, 5) is 0. The Morgan fingerprint density at radius 1 is 1.07 bits per heavy atom. The van der Waals surface area contributed by atoms with Gasteiger partial charge in [-0.2, -0.15) is 0 Å². The highest BCUT2D eigenvalue weighted by molar-refractivity contribution is 5.36. The first-order valence-corrected chi connectivity index (χ1v) is 4.39. The molecule has 14 heavy (non-hydrogen) atoms. The van der Waals surface area contributed by atoms with E-state index in [9.17, 15) is 0 Å². The maximum absolute atomic E-state index is 9.01. The van der Waals surface area contributed by atoms with Gasteiger partial charge in [0.25, 0.3) is 0 Å². The minimum Gasteiger partial charge on any atom is -0.491 e. The molecule has 1 aromatic carbocycles. The topological polar surface area (TPSA) is 69.9 Å². The third kappa shape index (κ3) is 2.70. The van der Waals surface area contributed by atoms with Crippen LogP contribution in [0.5, 0.6) is 5.75 Å². The van der Waals surface area contributed by atoms with Gasteiger partial charge in [-0.15, -0.1) is 0 Å². The van der Waals surface area contributed by atoms with Gasteiger partial charge in [0.1, 0.15) is 12.4 Å². The van der Waals surface area contributed by atoms with E-state index in [2.05, 4.69) is 0 Å². The third-order valence-electron chi connectivity index (χ3n) is 1.83. The van der Waals surface area contributed by atoms with Crippen molar-refractivity contribution in [2.45, 2.75) is 13.2 Å². The maximum atomic E-state index is 9.01. The lowest BCUT2D eigenvalue weighted by atomic mass is 10.1. The fourth-order valence-corrected chi connectivity index (χ4v) is 1.15. The zero-order valence-electron chi connectivity index (χ0n) is 7.81. The van der Waals surface area contributed by atoms with E-state index < -0.39 is 0 Å². The lowest BCUT2D eigenvalue weighted by Gasteiger charge is -2.09. The number of rotatable bonds is 5. The van der Waals surface area contributed by atoms with Crippen LogP contribution in [0.4, 0.5) is 0 Å². The van der Waals surface area contributed by atoms with E-state index in [1.165, 1.54) is 0 Å². The van der Waals surface area contributed by atoms with Crippen molar-refractivity contribution in [1.29, 1.82) is 0 Å². The molecule has 0 bridgehead atoms. The quantitative estimate of drug-likeness (QED) is 0.625. The van der Waals surface area contributed by atoms with E-state index in [1.54, 1.807) is 18.2 Å². The molecule has 3 N–H and O–H groups in total. The molecule has 0 aliphatic rings.